The lowest BCUT2D eigenvalue weighted by atomic mass is 10.1. The third kappa shape index (κ3) is 5.98. The van der Waals surface area contributed by atoms with Gasteiger partial charge in [0.25, 0.3) is 0 Å². The lowest BCUT2D eigenvalue weighted by Crippen LogP contribution is -3.00. The maximum Gasteiger partial charge on any atom is 0.0842 e. The van der Waals surface area contributed by atoms with Crippen LogP contribution in [0.2, 0.25) is 0 Å². The molecule has 0 aliphatic carbocycles. The minimum atomic E-state index is -0.767. The third-order valence-electron chi connectivity index (χ3n) is 3.83. The molecule has 0 saturated heterocycles. The first-order valence-corrected chi connectivity index (χ1v) is 10.3. The third-order valence-corrected chi connectivity index (χ3v) is 9.05. The van der Waals surface area contributed by atoms with E-state index < -0.39 is 7.26 Å². The van der Waals surface area contributed by atoms with Crippen LogP contribution in [0, 0.1) is 0 Å². The molecule has 1 aromatic rings. The number of hydrogen-bond acceptors (Lipinski definition) is 0. The molecule has 0 atom stereocenters. The molecule has 1 aromatic carbocycles. The Balaban J connectivity index is 0.00000361. The van der Waals surface area contributed by atoms with Gasteiger partial charge in [-0.1, -0.05) is 57.7 Å². The molecule has 0 saturated carbocycles. The van der Waals surface area contributed by atoms with Gasteiger partial charge in [-0.3, -0.25) is 0 Å². The van der Waals surface area contributed by atoms with Crippen molar-refractivity contribution in [3.63, 3.8) is 0 Å². The van der Waals surface area contributed by atoms with Crippen LogP contribution < -0.4 is 12.4 Å². The zero-order chi connectivity index (χ0) is 14.1. The molecule has 0 aliphatic rings. The topological polar surface area (TPSA) is 0 Å². The van der Waals surface area contributed by atoms with Crippen LogP contribution in [0.25, 0.3) is 6.08 Å². The summed E-state index contributed by atoms with van der Waals surface area (Å²) in [5.74, 6) is 0. The number of benzene rings is 1. The largest absolute Gasteiger partial charge is 1.00 e. The molecule has 20 heavy (non-hydrogen) atoms. The molecular formula is C18H30ClP. The molecule has 0 amide bonds. The van der Waals surface area contributed by atoms with Crippen molar-refractivity contribution in [1.82, 2.24) is 0 Å². The predicted octanol–water partition coefficient (Wildman–Crippen LogP) is 3.08. The average Bonchev–Trinajstić information content (AvgIpc) is 2.40. The second-order valence-corrected chi connectivity index (χ2v) is 9.96. The Morgan fingerprint density at radius 2 is 1.35 bits per heavy atom. The predicted molar refractivity (Wildman–Crippen MR) is 92.6 cm³/mol. The fourth-order valence-electron chi connectivity index (χ4n) is 3.14. The Labute approximate surface area is 132 Å². The quantitative estimate of drug-likeness (QED) is 0.615. The van der Waals surface area contributed by atoms with Crippen molar-refractivity contribution in [1.29, 1.82) is 0 Å². The van der Waals surface area contributed by atoms with Gasteiger partial charge in [-0.2, -0.15) is 0 Å². The Morgan fingerprint density at radius 1 is 0.900 bits per heavy atom. The van der Waals surface area contributed by atoms with Crippen LogP contribution in [0.4, 0.5) is 0 Å². The van der Waals surface area contributed by atoms with Crippen LogP contribution in [0.1, 0.15) is 51.2 Å². The van der Waals surface area contributed by atoms with Crippen LogP contribution in [0.3, 0.4) is 0 Å². The number of halogens is 1. The molecule has 0 aliphatic heterocycles. The second-order valence-electron chi connectivity index (χ2n) is 5.62. The molecule has 0 heterocycles. The molecule has 2 heteroatoms. The molecule has 1 rings (SSSR count). The zero-order valence-electron chi connectivity index (χ0n) is 13.4. The van der Waals surface area contributed by atoms with Gasteiger partial charge < -0.3 is 12.4 Å². The highest BCUT2D eigenvalue weighted by Crippen LogP contribution is 2.62. The van der Waals surface area contributed by atoms with Gasteiger partial charge in [0, 0.05) is 7.26 Å². The van der Waals surface area contributed by atoms with Crippen LogP contribution in [-0.4, -0.2) is 18.5 Å². The van der Waals surface area contributed by atoms with E-state index >= 15 is 0 Å². The van der Waals surface area contributed by atoms with Crippen LogP contribution in [0.15, 0.2) is 30.8 Å². The first-order valence-electron chi connectivity index (χ1n) is 7.76. The van der Waals surface area contributed by atoms with E-state index in [2.05, 4.69) is 51.6 Å². The van der Waals surface area contributed by atoms with Crippen molar-refractivity contribution in [3.05, 3.63) is 42.0 Å². The van der Waals surface area contributed by atoms with E-state index in [0.717, 1.165) is 0 Å². The van der Waals surface area contributed by atoms with Crippen molar-refractivity contribution in [2.24, 2.45) is 0 Å². The molecule has 0 aromatic heterocycles. The summed E-state index contributed by atoms with van der Waals surface area (Å²) in [4.78, 5) is 0. The van der Waals surface area contributed by atoms with Gasteiger partial charge >= 0.3 is 0 Å². The van der Waals surface area contributed by atoms with E-state index in [-0.39, 0.29) is 12.4 Å². The minimum Gasteiger partial charge on any atom is -1.00 e. The fraction of sp³-hybridized carbons (Fsp3) is 0.556. The summed E-state index contributed by atoms with van der Waals surface area (Å²) in [5, 5.41) is 0. The summed E-state index contributed by atoms with van der Waals surface area (Å²) >= 11 is 0. The monoisotopic (exact) mass is 312 g/mol. The van der Waals surface area contributed by atoms with Crippen LogP contribution in [-0.2, 0) is 6.16 Å². The van der Waals surface area contributed by atoms with Gasteiger partial charge in [0.05, 0.1) is 24.6 Å². The summed E-state index contributed by atoms with van der Waals surface area (Å²) in [6.45, 7) is 10.9. The fourth-order valence-corrected chi connectivity index (χ4v) is 8.12. The standard InChI is InChI=1S/C18H30P.ClH/c1-5-13-19(14-6-2,15-7-3)16-18-11-9-17(8-4)10-12-18;/h8-12H,4-7,13-16H2,1-3H3;1H/q+1;/p-1. The van der Waals surface area contributed by atoms with E-state index in [1.54, 1.807) is 0 Å². The van der Waals surface area contributed by atoms with Crippen molar-refractivity contribution in [2.75, 3.05) is 18.5 Å². The van der Waals surface area contributed by atoms with Gasteiger partial charge in [0.15, 0.2) is 0 Å². The Bertz CT molecular complexity index is 352. The maximum atomic E-state index is 3.83. The first-order chi connectivity index (χ1) is 9.19. The summed E-state index contributed by atoms with van der Waals surface area (Å²) in [7, 11) is -0.767. The van der Waals surface area contributed by atoms with E-state index in [9.17, 15) is 0 Å². The highest BCUT2D eigenvalue weighted by atomic mass is 35.5. The zero-order valence-corrected chi connectivity index (χ0v) is 15.0. The lowest BCUT2D eigenvalue weighted by molar-refractivity contribution is -0.00000426. The molecule has 0 unspecified atom stereocenters. The number of rotatable bonds is 9. The Hall–Kier alpha value is -0.320. The minimum absolute atomic E-state index is 0. The van der Waals surface area contributed by atoms with Crippen molar-refractivity contribution in [2.45, 2.75) is 46.2 Å². The average molecular weight is 313 g/mol. The van der Waals surface area contributed by atoms with Crippen molar-refractivity contribution >= 4 is 13.3 Å². The summed E-state index contributed by atoms with van der Waals surface area (Å²) in [6, 6.07) is 9.04. The number of hydrogen-bond donors (Lipinski definition) is 0. The maximum absolute atomic E-state index is 3.83. The highest BCUT2D eigenvalue weighted by Gasteiger charge is 2.34. The molecule has 0 spiro atoms. The summed E-state index contributed by atoms with van der Waals surface area (Å²) in [6.07, 6.45) is 11.7. The van der Waals surface area contributed by atoms with Gasteiger partial charge in [-0.15, -0.1) is 0 Å². The summed E-state index contributed by atoms with van der Waals surface area (Å²) < 4.78 is 0. The van der Waals surface area contributed by atoms with Crippen molar-refractivity contribution in [3.8, 4) is 0 Å². The highest BCUT2D eigenvalue weighted by molar-refractivity contribution is 7.75. The van der Waals surface area contributed by atoms with E-state index in [0.29, 0.717) is 0 Å². The summed E-state index contributed by atoms with van der Waals surface area (Å²) in [5.41, 5.74) is 2.77. The SMILES string of the molecule is C=Cc1ccc(C[P+](CCC)(CCC)CCC)cc1.[Cl-]. The molecule has 114 valence electrons. The molecule has 0 radical (unpaired) electrons. The first kappa shape index (κ1) is 19.7. The molecule has 0 nitrogen and oxygen atoms in total. The Kier molecular flexibility index (Phi) is 10.2. The van der Waals surface area contributed by atoms with Gasteiger partial charge in [0.2, 0.25) is 0 Å². The van der Waals surface area contributed by atoms with Gasteiger partial charge in [-0.25, -0.2) is 0 Å². The molecule has 0 N–H and O–H groups in total. The van der Waals surface area contributed by atoms with E-state index in [1.165, 1.54) is 55.0 Å². The Morgan fingerprint density at radius 3 is 1.70 bits per heavy atom. The second kappa shape index (κ2) is 10.4. The molecule has 0 fully saturated rings. The lowest BCUT2D eigenvalue weighted by Gasteiger charge is -2.27. The van der Waals surface area contributed by atoms with Gasteiger partial charge in [0.1, 0.15) is 0 Å². The smallest absolute Gasteiger partial charge is 0.0842 e. The van der Waals surface area contributed by atoms with E-state index in [1.807, 2.05) is 6.08 Å². The molecular weight excluding hydrogens is 283 g/mol. The van der Waals surface area contributed by atoms with Crippen LogP contribution >= 0.6 is 7.26 Å². The van der Waals surface area contributed by atoms with Crippen LogP contribution in [0.5, 0.6) is 0 Å². The normalized spacial score (nSPS) is 10.9. The van der Waals surface area contributed by atoms with Gasteiger partial charge in [-0.05, 0) is 30.4 Å². The van der Waals surface area contributed by atoms with E-state index in [4.69, 9.17) is 0 Å². The molecule has 0 bridgehead atoms. The van der Waals surface area contributed by atoms with Crippen molar-refractivity contribution < 1.29 is 12.4 Å².